The van der Waals surface area contributed by atoms with Crippen LogP contribution < -0.4 is 5.32 Å². The number of carbonyl (C=O) groups excluding carboxylic acids is 2. The first-order valence-electron chi connectivity index (χ1n) is 4.23. The normalized spacial score (nSPS) is 9.80. The molecule has 0 aliphatic carbocycles. The van der Waals surface area contributed by atoms with Crippen LogP contribution in [0.15, 0.2) is 22.7 Å². The molecule has 3 nitrogen and oxygen atoms in total. The molecule has 0 fully saturated rings. The lowest BCUT2D eigenvalue weighted by atomic mass is 10.2. The van der Waals surface area contributed by atoms with Crippen molar-refractivity contribution in [2.45, 2.75) is 13.3 Å². The molecule has 5 heteroatoms. The fraction of sp³-hybridized carbons (Fsp3) is 0.200. The van der Waals surface area contributed by atoms with Crippen LogP contribution in [0, 0.1) is 3.57 Å². The molecule has 0 saturated carbocycles. The molecule has 1 aromatic rings. The molecule has 0 aromatic heterocycles. The van der Waals surface area contributed by atoms with Crippen LogP contribution in [0.2, 0.25) is 0 Å². The second-order valence-corrected chi connectivity index (χ2v) is 5.15. The van der Waals surface area contributed by atoms with Crippen LogP contribution in [0.25, 0.3) is 0 Å². The van der Waals surface area contributed by atoms with Crippen molar-refractivity contribution in [2.24, 2.45) is 0 Å². The summed E-state index contributed by atoms with van der Waals surface area (Å²) in [6, 6.07) is 5.61. The van der Waals surface area contributed by atoms with E-state index in [0.717, 1.165) is 8.04 Å². The summed E-state index contributed by atoms with van der Waals surface area (Å²) >= 11 is 5.48. The van der Waals surface area contributed by atoms with Gasteiger partial charge in [-0.3, -0.25) is 9.59 Å². The van der Waals surface area contributed by atoms with Gasteiger partial charge in [0, 0.05) is 8.04 Å². The highest BCUT2D eigenvalue weighted by Crippen LogP contribution is 2.24. The van der Waals surface area contributed by atoms with E-state index in [4.69, 9.17) is 0 Å². The third-order valence-electron chi connectivity index (χ3n) is 1.61. The highest BCUT2D eigenvalue weighted by Gasteiger charge is 2.07. The third kappa shape index (κ3) is 4.29. The predicted molar refractivity (Wildman–Crippen MR) is 70.8 cm³/mol. The highest BCUT2D eigenvalue weighted by molar-refractivity contribution is 14.1. The van der Waals surface area contributed by atoms with Crippen LogP contribution in [0.4, 0.5) is 5.69 Å². The second kappa shape index (κ2) is 5.60. The van der Waals surface area contributed by atoms with Crippen molar-refractivity contribution in [1.29, 1.82) is 0 Å². The van der Waals surface area contributed by atoms with Gasteiger partial charge in [-0.15, -0.1) is 0 Å². The lowest BCUT2D eigenvalue weighted by Gasteiger charge is -2.06. The summed E-state index contributed by atoms with van der Waals surface area (Å²) in [6.45, 7) is 1.39. The first-order chi connectivity index (χ1) is 6.99. The summed E-state index contributed by atoms with van der Waals surface area (Å²) in [7, 11) is 0. The Balaban J connectivity index is 2.76. The number of hydrogen-bond acceptors (Lipinski definition) is 2. The van der Waals surface area contributed by atoms with Crippen LogP contribution in [0.3, 0.4) is 0 Å². The summed E-state index contributed by atoms with van der Waals surface area (Å²) in [4.78, 5) is 22.1. The zero-order valence-corrected chi connectivity index (χ0v) is 11.8. The lowest BCUT2D eigenvalue weighted by molar-refractivity contribution is -0.124. The zero-order chi connectivity index (χ0) is 11.4. The van der Waals surface area contributed by atoms with E-state index in [2.05, 4.69) is 43.8 Å². The Morgan fingerprint density at radius 2 is 2.13 bits per heavy atom. The van der Waals surface area contributed by atoms with Crippen LogP contribution >= 0.6 is 38.5 Å². The molecule has 80 valence electrons. The van der Waals surface area contributed by atoms with E-state index in [0.29, 0.717) is 5.69 Å². The Morgan fingerprint density at radius 1 is 1.47 bits per heavy atom. The minimum absolute atomic E-state index is 0.0854. The molecule has 0 heterocycles. The third-order valence-corrected chi connectivity index (χ3v) is 2.97. The molecule has 0 bridgehead atoms. The average molecular weight is 382 g/mol. The summed E-state index contributed by atoms with van der Waals surface area (Å²) < 4.78 is 1.83. The minimum Gasteiger partial charge on any atom is -0.325 e. The van der Waals surface area contributed by atoms with Gasteiger partial charge in [0.25, 0.3) is 0 Å². The standard InChI is InChI=1S/C10H9BrINO2/c1-6(14)4-10(15)13-9-5-7(12)2-3-8(9)11/h2-3,5H,4H2,1H3,(H,13,15). The van der Waals surface area contributed by atoms with Gasteiger partial charge in [0.05, 0.1) is 12.1 Å². The van der Waals surface area contributed by atoms with Crippen molar-refractivity contribution in [1.82, 2.24) is 0 Å². The molecule has 1 aromatic carbocycles. The number of carbonyl (C=O) groups is 2. The molecule has 0 aliphatic rings. The maximum absolute atomic E-state index is 11.3. The van der Waals surface area contributed by atoms with Crippen molar-refractivity contribution in [3.8, 4) is 0 Å². The highest BCUT2D eigenvalue weighted by atomic mass is 127. The van der Waals surface area contributed by atoms with Crippen LogP contribution in [0.5, 0.6) is 0 Å². The van der Waals surface area contributed by atoms with E-state index < -0.39 is 0 Å². The van der Waals surface area contributed by atoms with E-state index >= 15 is 0 Å². The number of amides is 1. The molecular formula is C10H9BrINO2. The number of anilines is 1. The number of hydrogen-bond donors (Lipinski definition) is 1. The summed E-state index contributed by atoms with van der Waals surface area (Å²) in [6.07, 6.45) is -0.0854. The van der Waals surface area contributed by atoms with Gasteiger partial charge in [0.15, 0.2) is 0 Å². The fourth-order valence-corrected chi connectivity index (χ4v) is 1.85. The second-order valence-electron chi connectivity index (χ2n) is 3.05. The van der Waals surface area contributed by atoms with Gasteiger partial charge < -0.3 is 5.32 Å². The van der Waals surface area contributed by atoms with Crippen molar-refractivity contribution < 1.29 is 9.59 Å². The van der Waals surface area contributed by atoms with E-state index in [1.165, 1.54) is 6.92 Å². The zero-order valence-electron chi connectivity index (χ0n) is 8.01. The molecule has 0 radical (unpaired) electrons. The van der Waals surface area contributed by atoms with Crippen molar-refractivity contribution in [3.05, 3.63) is 26.2 Å². The van der Waals surface area contributed by atoms with Gasteiger partial charge in [-0.2, -0.15) is 0 Å². The molecule has 0 unspecified atom stereocenters. The molecule has 1 N–H and O–H groups in total. The monoisotopic (exact) mass is 381 g/mol. The van der Waals surface area contributed by atoms with Crippen LogP contribution in [0.1, 0.15) is 13.3 Å². The molecule has 0 spiro atoms. The van der Waals surface area contributed by atoms with Gasteiger partial charge in [0.1, 0.15) is 5.78 Å². The van der Waals surface area contributed by atoms with Gasteiger partial charge in [-0.25, -0.2) is 0 Å². The van der Waals surface area contributed by atoms with Gasteiger partial charge >= 0.3 is 0 Å². The SMILES string of the molecule is CC(=O)CC(=O)Nc1cc(I)ccc1Br. The molecular weight excluding hydrogens is 373 g/mol. The maximum atomic E-state index is 11.3. The number of Topliss-reactive ketones (excluding diaryl/α,β-unsaturated/α-hetero) is 1. The van der Waals surface area contributed by atoms with Crippen molar-refractivity contribution in [2.75, 3.05) is 5.32 Å². The first kappa shape index (κ1) is 12.6. The Bertz CT molecular complexity index is 406. The summed E-state index contributed by atoms with van der Waals surface area (Å²) in [5, 5.41) is 2.67. The average Bonchev–Trinajstić information content (AvgIpc) is 2.10. The van der Waals surface area contributed by atoms with Gasteiger partial charge in [-0.05, 0) is 63.6 Å². The maximum Gasteiger partial charge on any atom is 0.231 e. The van der Waals surface area contributed by atoms with Gasteiger partial charge in [-0.1, -0.05) is 0 Å². The smallest absolute Gasteiger partial charge is 0.231 e. The Morgan fingerprint density at radius 3 is 2.73 bits per heavy atom. The Hall–Kier alpha value is -0.430. The number of nitrogens with one attached hydrogen (secondary N) is 1. The topological polar surface area (TPSA) is 46.2 Å². The summed E-state index contributed by atoms with van der Waals surface area (Å²) in [5.41, 5.74) is 0.688. The van der Waals surface area contributed by atoms with Crippen molar-refractivity contribution >= 4 is 55.9 Å². The molecule has 0 atom stereocenters. The molecule has 0 aliphatic heterocycles. The molecule has 0 saturated heterocycles. The number of halogens is 2. The Labute approximate surface area is 110 Å². The lowest BCUT2D eigenvalue weighted by Crippen LogP contribution is -2.15. The fourth-order valence-electron chi connectivity index (χ4n) is 1.01. The number of benzene rings is 1. The molecule has 15 heavy (non-hydrogen) atoms. The van der Waals surface area contributed by atoms with E-state index in [9.17, 15) is 9.59 Å². The van der Waals surface area contributed by atoms with E-state index in [1.54, 1.807) is 0 Å². The largest absolute Gasteiger partial charge is 0.325 e. The number of rotatable bonds is 3. The quantitative estimate of drug-likeness (QED) is 0.646. The van der Waals surface area contributed by atoms with Crippen molar-refractivity contribution in [3.63, 3.8) is 0 Å². The summed E-state index contributed by atoms with van der Waals surface area (Å²) in [5.74, 6) is -0.431. The number of ketones is 1. The Kier molecular flexibility index (Phi) is 4.72. The van der Waals surface area contributed by atoms with Crippen LogP contribution in [-0.4, -0.2) is 11.7 Å². The predicted octanol–water partition coefficient (Wildman–Crippen LogP) is 2.97. The van der Waals surface area contributed by atoms with E-state index in [1.807, 2.05) is 18.2 Å². The van der Waals surface area contributed by atoms with E-state index in [-0.39, 0.29) is 18.1 Å². The first-order valence-corrected chi connectivity index (χ1v) is 6.10. The minimum atomic E-state index is -0.287. The van der Waals surface area contributed by atoms with Gasteiger partial charge in [0.2, 0.25) is 5.91 Å². The van der Waals surface area contributed by atoms with Crippen LogP contribution in [-0.2, 0) is 9.59 Å². The molecule has 1 rings (SSSR count). The molecule has 1 amide bonds.